The second-order valence-electron chi connectivity index (χ2n) is 4.93. The van der Waals surface area contributed by atoms with E-state index < -0.39 is 0 Å². The fraction of sp³-hybridized carbons (Fsp3) is 1.00. The minimum atomic E-state index is 0.647. The predicted molar refractivity (Wildman–Crippen MR) is 52.2 cm³/mol. The fourth-order valence-electron chi connectivity index (χ4n) is 3.20. The van der Waals surface area contributed by atoms with E-state index in [0.717, 1.165) is 12.0 Å². The Morgan fingerprint density at radius 2 is 2.00 bits per heavy atom. The van der Waals surface area contributed by atoms with Crippen molar-refractivity contribution in [3.05, 3.63) is 0 Å². The molecule has 0 aromatic heterocycles. The summed E-state index contributed by atoms with van der Waals surface area (Å²) < 4.78 is 0. The van der Waals surface area contributed by atoms with Crippen LogP contribution in [0.1, 0.15) is 46.5 Å². The number of hydrogen-bond acceptors (Lipinski definition) is 1. The van der Waals surface area contributed by atoms with E-state index in [2.05, 4.69) is 25.7 Å². The van der Waals surface area contributed by atoms with Gasteiger partial charge in [-0.3, -0.25) is 4.90 Å². The molecule has 2 aliphatic rings. The average molecular weight is 167 g/mol. The summed E-state index contributed by atoms with van der Waals surface area (Å²) >= 11 is 0. The van der Waals surface area contributed by atoms with Crippen LogP contribution in [0.15, 0.2) is 0 Å². The van der Waals surface area contributed by atoms with Crippen LogP contribution in [0.3, 0.4) is 0 Å². The molecular formula is C11H21N. The number of hydrogen-bond donors (Lipinski definition) is 0. The Morgan fingerprint density at radius 1 is 1.33 bits per heavy atom. The maximum Gasteiger partial charge on any atom is 0.0238 e. The van der Waals surface area contributed by atoms with Gasteiger partial charge in [-0.1, -0.05) is 6.92 Å². The molecule has 2 fully saturated rings. The van der Waals surface area contributed by atoms with E-state index >= 15 is 0 Å². The van der Waals surface area contributed by atoms with E-state index in [0.29, 0.717) is 5.54 Å². The lowest BCUT2D eigenvalue weighted by atomic mass is 9.69. The molecule has 1 saturated heterocycles. The van der Waals surface area contributed by atoms with Crippen LogP contribution in [0.25, 0.3) is 0 Å². The van der Waals surface area contributed by atoms with Gasteiger partial charge in [0.25, 0.3) is 0 Å². The molecule has 0 bridgehead atoms. The van der Waals surface area contributed by atoms with Crippen LogP contribution in [-0.2, 0) is 0 Å². The molecule has 0 amide bonds. The zero-order chi connectivity index (χ0) is 8.77. The van der Waals surface area contributed by atoms with Crippen LogP contribution < -0.4 is 0 Å². The highest BCUT2D eigenvalue weighted by molar-refractivity contribution is 5.06. The Hall–Kier alpha value is -0.0400. The monoisotopic (exact) mass is 167 g/mol. The van der Waals surface area contributed by atoms with Gasteiger partial charge in [-0.15, -0.1) is 0 Å². The first kappa shape index (κ1) is 8.55. The maximum absolute atomic E-state index is 2.75. The van der Waals surface area contributed by atoms with Gasteiger partial charge in [0.15, 0.2) is 0 Å². The molecule has 0 aromatic carbocycles. The summed E-state index contributed by atoms with van der Waals surface area (Å²) in [6, 6.07) is 0.759. The third-order valence-corrected chi connectivity index (χ3v) is 4.14. The third kappa shape index (κ3) is 0.953. The highest BCUT2D eigenvalue weighted by atomic mass is 15.3. The van der Waals surface area contributed by atoms with Crippen molar-refractivity contribution in [3.63, 3.8) is 0 Å². The quantitative estimate of drug-likeness (QED) is 0.580. The normalized spacial score (nSPS) is 34.5. The Bertz CT molecular complexity index is 170. The van der Waals surface area contributed by atoms with E-state index in [9.17, 15) is 0 Å². The van der Waals surface area contributed by atoms with E-state index in [1.54, 1.807) is 0 Å². The largest absolute Gasteiger partial charge is 0.295 e. The number of likely N-dealkylation sites (tertiary alicyclic amines) is 1. The molecule has 2 rings (SSSR count). The van der Waals surface area contributed by atoms with Gasteiger partial charge in [0, 0.05) is 11.6 Å². The Morgan fingerprint density at radius 3 is 2.33 bits per heavy atom. The smallest absolute Gasteiger partial charge is 0.0238 e. The van der Waals surface area contributed by atoms with Crippen molar-refractivity contribution in [2.24, 2.45) is 5.92 Å². The third-order valence-electron chi connectivity index (χ3n) is 4.14. The van der Waals surface area contributed by atoms with Crippen LogP contribution in [0.2, 0.25) is 0 Å². The Kier molecular flexibility index (Phi) is 1.95. The van der Waals surface area contributed by atoms with Gasteiger partial charge in [-0.2, -0.15) is 0 Å². The first-order chi connectivity index (χ1) is 5.67. The lowest BCUT2D eigenvalue weighted by Crippen LogP contribution is -2.55. The molecule has 1 atom stereocenters. The summed E-state index contributed by atoms with van der Waals surface area (Å²) in [5.41, 5.74) is 0.647. The summed E-state index contributed by atoms with van der Waals surface area (Å²) in [6.07, 6.45) is 5.82. The van der Waals surface area contributed by atoms with Gasteiger partial charge in [0.1, 0.15) is 0 Å². The van der Waals surface area contributed by atoms with Crippen LogP contribution in [0.4, 0.5) is 0 Å². The minimum Gasteiger partial charge on any atom is -0.295 e. The van der Waals surface area contributed by atoms with E-state index in [4.69, 9.17) is 0 Å². The summed E-state index contributed by atoms with van der Waals surface area (Å²) in [7, 11) is 0. The molecule has 70 valence electrons. The molecule has 0 aromatic rings. The molecule has 0 radical (unpaired) electrons. The van der Waals surface area contributed by atoms with Crippen molar-refractivity contribution in [2.45, 2.75) is 58.0 Å². The summed E-state index contributed by atoms with van der Waals surface area (Å²) in [4.78, 5) is 2.75. The fourth-order valence-corrected chi connectivity index (χ4v) is 3.20. The summed E-state index contributed by atoms with van der Waals surface area (Å²) in [5.74, 6) is 0.952. The van der Waals surface area contributed by atoms with E-state index in [1.807, 2.05) is 0 Å². The Balaban J connectivity index is 2.14. The number of rotatable bonds is 1. The van der Waals surface area contributed by atoms with Gasteiger partial charge >= 0.3 is 0 Å². The van der Waals surface area contributed by atoms with Gasteiger partial charge in [-0.05, 0) is 52.0 Å². The standard InChI is InChI=1S/C11H21N/c1-9(2)12-8-5-10(3)11(12)6-4-7-11/h9-10H,4-8H2,1-3H3/t10-/m1/s1. The maximum atomic E-state index is 2.75. The lowest BCUT2D eigenvalue weighted by Gasteiger charge is -2.50. The second-order valence-corrected chi connectivity index (χ2v) is 4.93. The molecule has 0 unspecified atom stereocenters. The van der Waals surface area contributed by atoms with E-state index in [1.165, 1.54) is 32.2 Å². The van der Waals surface area contributed by atoms with Crippen molar-refractivity contribution >= 4 is 0 Å². The summed E-state index contributed by atoms with van der Waals surface area (Å²) in [5, 5.41) is 0. The van der Waals surface area contributed by atoms with Crippen molar-refractivity contribution in [2.75, 3.05) is 6.54 Å². The van der Waals surface area contributed by atoms with Gasteiger partial charge in [0.2, 0.25) is 0 Å². The molecule has 1 aliphatic carbocycles. The first-order valence-corrected chi connectivity index (χ1v) is 5.43. The zero-order valence-electron chi connectivity index (χ0n) is 8.64. The van der Waals surface area contributed by atoms with Gasteiger partial charge < -0.3 is 0 Å². The minimum absolute atomic E-state index is 0.647. The van der Waals surface area contributed by atoms with Crippen molar-refractivity contribution in [1.82, 2.24) is 4.90 Å². The number of nitrogens with zero attached hydrogens (tertiary/aromatic N) is 1. The predicted octanol–water partition coefficient (Wildman–Crippen LogP) is 2.66. The van der Waals surface area contributed by atoms with Gasteiger partial charge in [0.05, 0.1) is 0 Å². The lowest BCUT2D eigenvalue weighted by molar-refractivity contribution is 0.00503. The van der Waals surface area contributed by atoms with Crippen LogP contribution in [0, 0.1) is 5.92 Å². The van der Waals surface area contributed by atoms with Crippen LogP contribution >= 0.6 is 0 Å². The zero-order valence-corrected chi connectivity index (χ0v) is 8.64. The molecule has 1 aliphatic heterocycles. The van der Waals surface area contributed by atoms with Crippen molar-refractivity contribution < 1.29 is 0 Å². The highest BCUT2D eigenvalue weighted by Gasteiger charge is 2.50. The molecule has 1 nitrogen and oxygen atoms in total. The molecule has 0 N–H and O–H groups in total. The molecule has 1 heterocycles. The SMILES string of the molecule is CC(C)N1CC[C@@H](C)C12CCC2. The summed E-state index contributed by atoms with van der Waals surface area (Å²) in [6.45, 7) is 8.48. The first-order valence-electron chi connectivity index (χ1n) is 5.43. The molecule has 12 heavy (non-hydrogen) atoms. The Labute approximate surface area is 76.1 Å². The van der Waals surface area contributed by atoms with Crippen molar-refractivity contribution in [3.8, 4) is 0 Å². The van der Waals surface area contributed by atoms with Crippen molar-refractivity contribution in [1.29, 1.82) is 0 Å². The van der Waals surface area contributed by atoms with Crippen LogP contribution in [0.5, 0.6) is 0 Å². The molecule has 1 heteroatoms. The van der Waals surface area contributed by atoms with E-state index in [-0.39, 0.29) is 0 Å². The van der Waals surface area contributed by atoms with Gasteiger partial charge in [-0.25, -0.2) is 0 Å². The highest BCUT2D eigenvalue weighted by Crippen LogP contribution is 2.49. The topological polar surface area (TPSA) is 3.24 Å². The average Bonchev–Trinajstić information content (AvgIpc) is 2.24. The molecule has 1 saturated carbocycles. The molecule has 1 spiro atoms. The molecular weight excluding hydrogens is 146 g/mol. The second kappa shape index (κ2) is 2.73. The van der Waals surface area contributed by atoms with Crippen LogP contribution in [-0.4, -0.2) is 23.0 Å².